The third kappa shape index (κ3) is 3.78. The highest BCUT2D eigenvalue weighted by Crippen LogP contribution is 2.38. The van der Waals surface area contributed by atoms with Crippen LogP contribution in [-0.2, 0) is 0 Å². The van der Waals surface area contributed by atoms with Crippen LogP contribution in [0.4, 0.5) is 0 Å². The normalized spacial score (nSPS) is 11.6. The van der Waals surface area contributed by atoms with Crippen molar-refractivity contribution in [3.8, 4) is 34.0 Å². The standard InChI is InChI=1S/C40H26N4/c1-3-12-27(13-4-1)29-14-11-15-30(26-29)37-34-19-7-9-20-35(34)41-40(42-37)44-36-21-10-8-18-32(36)33-23-22-28-24-25-43(38(28)39(33)44)31-16-5-2-6-17-31/h1-26H. The quantitative estimate of drug-likeness (QED) is 0.214. The van der Waals surface area contributed by atoms with Crippen molar-refractivity contribution in [3.05, 3.63) is 158 Å². The van der Waals surface area contributed by atoms with E-state index in [0.717, 1.165) is 50.0 Å². The van der Waals surface area contributed by atoms with E-state index in [1.807, 2.05) is 6.07 Å². The zero-order chi connectivity index (χ0) is 29.0. The molecule has 0 bridgehead atoms. The first kappa shape index (κ1) is 24.6. The first-order valence-corrected chi connectivity index (χ1v) is 14.9. The summed E-state index contributed by atoms with van der Waals surface area (Å²) < 4.78 is 4.53. The summed E-state index contributed by atoms with van der Waals surface area (Å²) in [5.41, 5.74) is 9.65. The van der Waals surface area contributed by atoms with Gasteiger partial charge in [0.15, 0.2) is 0 Å². The highest BCUT2D eigenvalue weighted by atomic mass is 15.2. The van der Waals surface area contributed by atoms with Crippen LogP contribution in [0.5, 0.6) is 0 Å². The molecule has 3 aromatic heterocycles. The Balaban J connectivity index is 1.38. The Labute approximate surface area is 254 Å². The molecule has 4 heteroatoms. The van der Waals surface area contributed by atoms with Gasteiger partial charge < -0.3 is 4.57 Å². The van der Waals surface area contributed by atoms with Crippen LogP contribution in [0.1, 0.15) is 0 Å². The summed E-state index contributed by atoms with van der Waals surface area (Å²) in [6.07, 6.45) is 2.16. The van der Waals surface area contributed by atoms with Gasteiger partial charge in [-0.1, -0.05) is 115 Å². The highest BCUT2D eigenvalue weighted by Gasteiger charge is 2.21. The number of rotatable bonds is 4. The molecule has 0 fully saturated rings. The molecular weight excluding hydrogens is 536 g/mol. The van der Waals surface area contributed by atoms with Crippen molar-refractivity contribution in [2.75, 3.05) is 0 Å². The summed E-state index contributed by atoms with van der Waals surface area (Å²) in [7, 11) is 0. The van der Waals surface area contributed by atoms with E-state index in [1.165, 1.54) is 21.7 Å². The molecule has 0 spiro atoms. The molecule has 0 unspecified atom stereocenters. The van der Waals surface area contributed by atoms with Crippen LogP contribution in [0.15, 0.2) is 158 Å². The van der Waals surface area contributed by atoms with Gasteiger partial charge in [0.1, 0.15) is 0 Å². The van der Waals surface area contributed by atoms with Crippen molar-refractivity contribution in [2.24, 2.45) is 0 Å². The second-order valence-electron chi connectivity index (χ2n) is 11.1. The first-order valence-electron chi connectivity index (χ1n) is 14.9. The van der Waals surface area contributed by atoms with Crippen LogP contribution >= 0.6 is 0 Å². The predicted octanol–water partition coefficient (Wildman–Crippen LogP) is 10.0. The second-order valence-corrected chi connectivity index (χ2v) is 11.1. The summed E-state index contributed by atoms with van der Waals surface area (Å²) in [5.74, 6) is 0.656. The van der Waals surface area contributed by atoms with Gasteiger partial charge in [-0.05, 0) is 47.5 Å². The number of hydrogen-bond acceptors (Lipinski definition) is 2. The summed E-state index contributed by atoms with van der Waals surface area (Å²) in [4.78, 5) is 10.6. The van der Waals surface area contributed by atoms with E-state index in [2.05, 4.69) is 161 Å². The van der Waals surface area contributed by atoms with Gasteiger partial charge in [-0.25, -0.2) is 9.97 Å². The Bertz CT molecular complexity index is 2490. The van der Waals surface area contributed by atoms with E-state index in [0.29, 0.717) is 5.95 Å². The molecule has 44 heavy (non-hydrogen) atoms. The average molecular weight is 563 g/mol. The topological polar surface area (TPSA) is 35.6 Å². The lowest BCUT2D eigenvalue weighted by molar-refractivity contribution is 1.01. The molecule has 206 valence electrons. The molecule has 0 saturated carbocycles. The summed E-state index contributed by atoms with van der Waals surface area (Å²) in [6.45, 7) is 0. The average Bonchev–Trinajstić information content (AvgIpc) is 3.68. The first-order chi connectivity index (χ1) is 21.8. The maximum absolute atomic E-state index is 5.38. The summed E-state index contributed by atoms with van der Waals surface area (Å²) in [6, 6.07) is 53.2. The van der Waals surface area contributed by atoms with E-state index >= 15 is 0 Å². The number of benzene rings is 6. The minimum Gasteiger partial charge on any atom is -0.315 e. The van der Waals surface area contributed by atoms with Crippen LogP contribution in [0.3, 0.4) is 0 Å². The molecule has 0 aliphatic carbocycles. The Hall–Kier alpha value is -6.00. The maximum Gasteiger partial charge on any atom is 0.235 e. The van der Waals surface area contributed by atoms with Crippen molar-refractivity contribution >= 4 is 43.6 Å². The molecule has 0 N–H and O–H groups in total. The summed E-state index contributed by atoms with van der Waals surface area (Å²) in [5, 5.41) is 4.55. The molecule has 4 nitrogen and oxygen atoms in total. The van der Waals surface area contributed by atoms with Crippen LogP contribution in [0.25, 0.3) is 77.6 Å². The molecule has 0 atom stereocenters. The van der Waals surface area contributed by atoms with Crippen LogP contribution in [0.2, 0.25) is 0 Å². The Morgan fingerprint density at radius 1 is 0.455 bits per heavy atom. The van der Waals surface area contributed by atoms with Gasteiger partial charge in [0.2, 0.25) is 5.95 Å². The van der Waals surface area contributed by atoms with Gasteiger partial charge in [-0.15, -0.1) is 0 Å². The molecule has 9 rings (SSSR count). The molecule has 0 saturated heterocycles. The molecule has 9 aromatic rings. The molecule has 0 aliphatic rings. The minimum atomic E-state index is 0.656. The lowest BCUT2D eigenvalue weighted by atomic mass is 10.00. The van der Waals surface area contributed by atoms with Crippen LogP contribution in [0, 0.1) is 0 Å². The van der Waals surface area contributed by atoms with E-state index in [9.17, 15) is 0 Å². The van der Waals surface area contributed by atoms with Crippen LogP contribution in [-0.4, -0.2) is 19.1 Å². The predicted molar refractivity (Wildman–Crippen MR) is 182 cm³/mol. The lowest BCUT2D eigenvalue weighted by Crippen LogP contribution is -2.04. The SMILES string of the molecule is c1ccc(-c2cccc(-c3nc(-n4c5ccccc5c5ccc6ccn(-c7ccccc7)c6c54)nc4ccccc34)c2)cc1. The number of aromatic nitrogens is 4. The Kier molecular flexibility index (Phi) is 5.47. The van der Waals surface area contributed by atoms with Gasteiger partial charge in [0, 0.05) is 39.0 Å². The minimum absolute atomic E-state index is 0.656. The smallest absolute Gasteiger partial charge is 0.235 e. The molecule has 0 aliphatic heterocycles. The van der Waals surface area contributed by atoms with E-state index in [-0.39, 0.29) is 0 Å². The van der Waals surface area contributed by atoms with E-state index < -0.39 is 0 Å². The van der Waals surface area contributed by atoms with Crippen molar-refractivity contribution in [2.45, 2.75) is 0 Å². The van der Waals surface area contributed by atoms with Crippen molar-refractivity contribution in [1.82, 2.24) is 19.1 Å². The molecule has 6 aromatic carbocycles. The third-order valence-corrected chi connectivity index (χ3v) is 8.55. The second kappa shape index (κ2) is 9.79. The van der Waals surface area contributed by atoms with Gasteiger partial charge >= 0.3 is 0 Å². The fourth-order valence-corrected chi connectivity index (χ4v) is 6.55. The maximum atomic E-state index is 5.38. The van der Waals surface area contributed by atoms with Gasteiger partial charge in [-0.3, -0.25) is 4.57 Å². The van der Waals surface area contributed by atoms with E-state index in [4.69, 9.17) is 9.97 Å². The van der Waals surface area contributed by atoms with Crippen LogP contribution < -0.4 is 0 Å². The van der Waals surface area contributed by atoms with Crippen molar-refractivity contribution in [3.63, 3.8) is 0 Å². The zero-order valence-electron chi connectivity index (χ0n) is 23.8. The number of hydrogen-bond donors (Lipinski definition) is 0. The Morgan fingerprint density at radius 2 is 1.16 bits per heavy atom. The monoisotopic (exact) mass is 562 g/mol. The third-order valence-electron chi connectivity index (χ3n) is 8.55. The zero-order valence-corrected chi connectivity index (χ0v) is 23.8. The Morgan fingerprint density at radius 3 is 2.02 bits per heavy atom. The van der Waals surface area contributed by atoms with Gasteiger partial charge in [0.25, 0.3) is 0 Å². The number of para-hydroxylation sites is 3. The number of nitrogens with zero attached hydrogens (tertiary/aromatic N) is 4. The van der Waals surface area contributed by atoms with Gasteiger partial charge in [-0.2, -0.15) is 0 Å². The lowest BCUT2D eigenvalue weighted by Gasteiger charge is -2.14. The van der Waals surface area contributed by atoms with Gasteiger partial charge in [0.05, 0.1) is 27.8 Å². The fourth-order valence-electron chi connectivity index (χ4n) is 6.55. The fraction of sp³-hybridized carbons (Fsp3) is 0. The molecule has 0 radical (unpaired) electrons. The molecular formula is C40H26N4. The molecule has 0 amide bonds. The number of fused-ring (bicyclic) bond motifs is 6. The van der Waals surface area contributed by atoms with E-state index in [1.54, 1.807) is 0 Å². The molecule has 3 heterocycles. The van der Waals surface area contributed by atoms with Crippen molar-refractivity contribution in [1.29, 1.82) is 0 Å². The van der Waals surface area contributed by atoms with Crippen molar-refractivity contribution < 1.29 is 0 Å². The largest absolute Gasteiger partial charge is 0.315 e. The highest BCUT2D eigenvalue weighted by molar-refractivity contribution is 6.18. The summed E-state index contributed by atoms with van der Waals surface area (Å²) >= 11 is 0.